The largest absolute Gasteiger partial charge is 0.510 e. The number of amidine groups is 1. The highest BCUT2D eigenvalue weighted by Crippen LogP contribution is 2.35. The van der Waals surface area contributed by atoms with E-state index in [0.717, 1.165) is 36.0 Å². The maximum atomic E-state index is 10.7. The second kappa shape index (κ2) is 8.19. The van der Waals surface area contributed by atoms with Crippen LogP contribution in [-0.2, 0) is 0 Å². The molecule has 1 saturated heterocycles. The lowest BCUT2D eigenvalue weighted by Crippen LogP contribution is -2.32. The topological polar surface area (TPSA) is 63.5 Å². The van der Waals surface area contributed by atoms with E-state index in [0.29, 0.717) is 23.0 Å². The van der Waals surface area contributed by atoms with Crippen LogP contribution in [0.5, 0.6) is 0 Å². The van der Waals surface area contributed by atoms with Crippen molar-refractivity contribution in [3.63, 3.8) is 0 Å². The Hall–Kier alpha value is -3.12. The van der Waals surface area contributed by atoms with Crippen LogP contribution in [0, 0.1) is 11.3 Å². The Kier molecular flexibility index (Phi) is 5.24. The van der Waals surface area contributed by atoms with E-state index in [9.17, 15) is 5.11 Å². The van der Waals surface area contributed by atoms with Crippen LogP contribution >= 0.6 is 11.3 Å². The van der Waals surface area contributed by atoms with E-state index in [4.69, 9.17) is 10.4 Å². The van der Waals surface area contributed by atoms with Gasteiger partial charge in [0.1, 0.15) is 16.6 Å². The van der Waals surface area contributed by atoms with E-state index >= 15 is 0 Å². The number of piperidine rings is 1. The molecule has 5 nitrogen and oxygen atoms in total. The number of aromatic nitrogens is 1. The fourth-order valence-electron chi connectivity index (χ4n) is 4.26. The average molecular weight is 431 g/mol. The summed E-state index contributed by atoms with van der Waals surface area (Å²) in [6.07, 6.45) is 2.47. The lowest BCUT2D eigenvalue weighted by Gasteiger charge is -2.32. The number of nitrogens with zero attached hydrogens (tertiary/aromatic N) is 3. The molecule has 2 N–H and O–H groups in total. The van der Waals surface area contributed by atoms with Crippen molar-refractivity contribution < 1.29 is 5.11 Å². The van der Waals surface area contributed by atoms with Crippen molar-refractivity contribution in [1.29, 1.82) is 5.41 Å². The minimum Gasteiger partial charge on any atom is -0.510 e. The summed E-state index contributed by atoms with van der Waals surface area (Å²) in [4.78, 5) is 8.97. The predicted octanol–water partition coefficient (Wildman–Crippen LogP) is 5.81. The quantitative estimate of drug-likeness (QED) is 0.548. The molecule has 0 aliphatic carbocycles. The van der Waals surface area contributed by atoms with Gasteiger partial charge in [-0.05, 0) is 43.0 Å². The van der Waals surface area contributed by atoms with Crippen molar-refractivity contribution in [3.05, 3.63) is 70.7 Å². The Morgan fingerprint density at radius 2 is 1.68 bits per heavy atom. The molecule has 0 saturated carbocycles. The highest BCUT2D eigenvalue weighted by atomic mass is 32.1. The van der Waals surface area contributed by atoms with Crippen LogP contribution in [0.3, 0.4) is 0 Å². The number of rotatable bonds is 4. The Labute approximate surface area is 186 Å². The third-order valence-electron chi connectivity index (χ3n) is 6.20. The van der Waals surface area contributed by atoms with Gasteiger partial charge in [-0.15, -0.1) is 11.3 Å². The average Bonchev–Trinajstić information content (AvgIpc) is 3.39. The number of anilines is 2. The zero-order valence-electron chi connectivity index (χ0n) is 17.6. The van der Waals surface area contributed by atoms with Gasteiger partial charge in [0.05, 0.1) is 17.8 Å². The molecule has 0 spiro atoms. The first-order chi connectivity index (χ1) is 15.1. The van der Waals surface area contributed by atoms with Crippen LogP contribution in [0.25, 0.3) is 16.8 Å². The number of hydrogen-bond acceptors (Lipinski definition) is 5. The molecule has 0 radical (unpaired) electrons. The number of thiazole rings is 1. The van der Waals surface area contributed by atoms with Gasteiger partial charge in [0.2, 0.25) is 0 Å². The van der Waals surface area contributed by atoms with E-state index in [2.05, 4.69) is 36.1 Å². The summed E-state index contributed by atoms with van der Waals surface area (Å²) in [6, 6.07) is 18.3. The first-order valence-corrected chi connectivity index (χ1v) is 11.6. The summed E-state index contributed by atoms with van der Waals surface area (Å²) in [7, 11) is 0. The smallest absolute Gasteiger partial charge is 0.139 e. The molecular formula is C25H26N4OS. The number of aliphatic hydroxyl groups excluding tert-OH is 1. The first kappa shape index (κ1) is 19.8. The maximum Gasteiger partial charge on any atom is 0.139 e. The van der Waals surface area contributed by atoms with Crippen molar-refractivity contribution in [2.75, 3.05) is 29.4 Å². The predicted molar refractivity (Wildman–Crippen MR) is 129 cm³/mol. The lowest BCUT2D eigenvalue weighted by atomic mass is 9.99. The van der Waals surface area contributed by atoms with Crippen LogP contribution in [0.1, 0.15) is 24.8 Å². The van der Waals surface area contributed by atoms with Crippen molar-refractivity contribution in [1.82, 2.24) is 4.98 Å². The normalized spacial score (nSPS) is 17.6. The molecule has 1 aromatic heterocycles. The summed E-state index contributed by atoms with van der Waals surface area (Å²) in [6.45, 7) is 4.82. The van der Waals surface area contributed by atoms with Gasteiger partial charge in [-0.25, -0.2) is 4.98 Å². The van der Waals surface area contributed by atoms with Crippen molar-refractivity contribution in [2.45, 2.75) is 19.8 Å². The minimum absolute atomic E-state index is 0.202. The molecule has 1 fully saturated rings. The summed E-state index contributed by atoms with van der Waals surface area (Å²) >= 11 is 1.46. The van der Waals surface area contributed by atoms with Crippen LogP contribution < -0.4 is 9.80 Å². The molecule has 2 aromatic carbocycles. The minimum atomic E-state index is 0.202. The SMILES string of the molecule is CC1CCN(c2ccc(N3CC(O)=C(c4nc(-c5ccccc5)cs4)C3=N)cc2)CC1. The first-order valence-electron chi connectivity index (χ1n) is 10.7. The zero-order chi connectivity index (χ0) is 21.4. The fourth-order valence-corrected chi connectivity index (χ4v) is 5.16. The zero-order valence-corrected chi connectivity index (χ0v) is 18.4. The molecule has 0 bridgehead atoms. The Balaban J connectivity index is 1.33. The number of nitrogens with one attached hydrogen (secondary N) is 1. The second-order valence-electron chi connectivity index (χ2n) is 8.35. The molecule has 2 aliphatic heterocycles. The highest BCUT2D eigenvalue weighted by Gasteiger charge is 2.31. The van der Waals surface area contributed by atoms with Crippen LogP contribution in [0.2, 0.25) is 0 Å². The summed E-state index contributed by atoms with van der Waals surface area (Å²) in [5, 5.41) is 22.0. The Morgan fingerprint density at radius 1 is 1.00 bits per heavy atom. The van der Waals surface area contributed by atoms with Crippen molar-refractivity contribution in [2.24, 2.45) is 5.92 Å². The van der Waals surface area contributed by atoms with E-state index in [-0.39, 0.29) is 5.76 Å². The summed E-state index contributed by atoms with van der Waals surface area (Å²) in [5.41, 5.74) is 4.58. The molecule has 2 aliphatic rings. The Morgan fingerprint density at radius 3 is 2.39 bits per heavy atom. The standard InChI is InChI=1S/C25H26N4OS/c1-17-11-13-28(14-12-17)19-7-9-20(10-8-19)29-15-22(30)23(24(29)26)25-27-21(16-31-25)18-5-3-2-4-6-18/h2-10,16-17,26,30H,11-15H2,1H3. The summed E-state index contributed by atoms with van der Waals surface area (Å²) in [5.74, 6) is 1.31. The third-order valence-corrected chi connectivity index (χ3v) is 7.06. The molecule has 3 aromatic rings. The Bertz CT molecular complexity index is 1110. The van der Waals surface area contributed by atoms with Gasteiger partial charge in [0.25, 0.3) is 0 Å². The van der Waals surface area contributed by atoms with E-state index in [1.807, 2.05) is 40.6 Å². The number of benzene rings is 2. The molecule has 158 valence electrons. The number of hydrogen-bond donors (Lipinski definition) is 2. The molecule has 0 amide bonds. The second-order valence-corrected chi connectivity index (χ2v) is 9.20. The van der Waals surface area contributed by atoms with Gasteiger partial charge in [-0.2, -0.15) is 0 Å². The van der Waals surface area contributed by atoms with Crippen molar-refractivity contribution >= 4 is 34.1 Å². The molecule has 6 heteroatoms. The molecule has 0 unspecified atom stereocenters. The monoisotopic (exact) mass is 430 g/mol. The van der Waals surface area contributed by atoms with Gasteiger partial charge in [-0.3, -0.25) is 5.41 Å². The molecular weight excluding hydrogens is 404 g/mol. The van der Waals surface area contributed by atoms with Crippen LogP contribution in [0.15, 0.2) is 65.7 Å². The van der Waals surface area contributed by atoms with Gasteiger partial charge < -0.3 is 14.9 Å². The van der Waals surface area contributed by atoms with E-state index in [1.165, 1.54) is 29.9 Å². The van der Waals surface area contributed by atoms with E-state index < -0.39 is 0 Å². The van der Waals surface area contributed by atoms with Gasteiger partial charge in [0.15, 0.2) is 0 Å². The lowest BCUT2D eigenvalue weighted by molar-refractivity contribution is 0.411. The molecule has 31 heavy (non-hydrogen) atoms. The van der Waals surface area contributed by atoms with Gasteiger partial charge in [-0.1, -0.05) is 37.3 Å². The molecule has 3 heterocycles. The maximum absolute atomic E-state index is 10.7. The van der Waals surface area contributed by atoms with E-state index in [1.54, 1.807) is 0 Å². The van der Waals surface area contributed by atoms with Crippen molar-refractivity contribution in [3.8, 4) is 11.3 Å². The van der Waals surface area contributed by atoms with Gasteiger partial charge in [0, 0.05) is 35.4 Å². The van der Waals surface area contributed by atoms with Gasteiger partial charge >= 0.3 is 0 Å². The molecule has 5 rings (SSSR count). The van der Waals surface area contributed by atoms with Crippen LogP contribution in [0.4, 0.5) is 11.4 Å². The van der Waals surface area contributed by atoms with Crippen LogP contribution in [-0.4, -0.2) is 35.6 Å². The highest BCUT2D eigenvalue weighted by molar-refractivity contribution is 7.11. The third kappa shape index (κ3) is 3.83. The molecule has 0 atom stereocenters. The summed E-state index contributed by atoms with van der Waals surface area (Å²) < 4.78 is 0. The fraction of sp³-hybridized carbons (Fsp3) is 0.280. The number of aliphatic hydroxyl groups is 1.